The maximum absolute atomic E-state index is 11.0. The highest BCUT2D eigenvalue weighted by Crippen LogP contribution is 2.11. The molecule has 2 aliphatic rings. The summed E-state index contributed by atoms with van der Waals surface area (Å²) in [7, 11) is 0. The number of carbonyl (C=O) groups excluding carboxylic acids is 2. The van der Waals surface area contributed by atoms with Gasteiger partial charge in [0.2, 0.25) is 0 Å². The highest BCUT2D eigenvalue weighted by molar-refractivity contribution is 5.84. The molecule has 7 nitrogen and oxygen atoms in total. The highest BCUT2D eigenvalue weighted by atomic mass is 16.3. The Morgan fingerprint density at radius 3 is 2.75 bits per heavy atom. The van der Waals surface area contributed by atoms with E-state index < -0.39 is 19.1 Å². The van der Waals surface area contributed by atoms with E-state index in [0.717, 1.165) is 4.90 Å². The van der Waals surface area contributed by atoms with Crippen molar-refractivity contribution >= 4 is 12.1 Å². The van der Waals surface area contributed by atoms with E-state index in [-0.39, 0.29) is 12.1 Å². The largest absolute Gasteiger partial charge is 0.376 e. The fourth-order valence-corrected chi connectivity index (χ4v) is 1.35. The molecule has 2 saturated heterocycles. The van der Waals surface area contributed by atoms with E-state index in [1.165, 1.54) is 0 Å². The molecule has 4 N–H and O–H groups in total. The van der Waals surface area contributed by atoms with Gasteiger partial charge in [-0.2, -0.15) is 0 Å². The number of nitrogens with zero attached hydrogens (tertiary/aromatic N) is 1. The summed E-state index contributed by atoms with van der Waals surface area (Å²) in [6.07, 6.45) is -0.910. The van der Waals surface area contributed by atoms with E-state index in [1.54, 1.807) is 0 Å². The second-order valence-corrected chi connectivity index (χ2v) is 2.60. The fraction of sp³-hybridized carbons (Fsp3) is 0.600. The zero-order chi connectivity index (χ0) is 8.72. The number of carbonyl (C=O) groups is 2. The smallest absolute Gasteiger partial charge is 0.322 e. The number of hydrogen-bond donors (Lipinski definition) is 4. The maximum Gasteiger partial charge on any atom is 0.322 e. The normalized spacial score (nSPS) is 32.6. The molecule has 4 amide bonds. The molecule has 66 valence electrons. The van der Waals surface area contributed by atoms with Crippen molar-refractivity contribution < 1.29 is 14.7 Å². The number of hydrogen-bond acceptors (Lipinski definition) is 3. The van der Waals surface area contributed by atoms with Crippen molar-refractivity contribution in [3.05, 3.63) is 0 Å². The number of nitrogens with one attached hydrogen (secondary N) is 3. The van der Waals surface area contributed by atoms with Gasteiger partial charge in [0.15, 0.2) is 0 Å². The Labute approximate surface area is 67.7 Å². The van der Waals surface area contributed by atoms with Crippen molar-refractivity contribution in [1.82, 2.24) is 20.9 Å². The van der Waals surface area contributed by atoms with Gasteiger partial charge in [0.05, 0.1) is 0 Å². The molecule has 0 spiro atoms. The third-order valence-corrected chi connectivity index (χ3v) is 1.91. The predicted molar refractivity (Wildman–Crippen MR) is 36.7 cm³/mol. The van der Waals surface area contributed by atoms with Crippen molar-refractivity contribution in [1.29, 1.82) is 0 Å². The molecule has 2 rings (SSSR count). The molecule has 7 heteroatoms. The SMILES string of the molecule is O=C1N[C@@H]2NC(=O)N(CO)[C@@H]2N1. The Bertz CT molecular complexity index is 243. The Kier molecular flexibility index (Phi) is 1.34. The van der Waals surface area contributed by atoms with Crippen molar-refractivity contribution in [2.24, 2.45) is 0 Å². The van der Waals surface area contributed by atoms with E-state index in [4.69, 9.17) is 5.11 Å². The molecule has 0 aromatic carbocycles. The minimum atomic E-state index is -0.477. The summed E-state index contributed by atoms with van der Waals surface area (Å²) in [4.78, 5) is 22.9. The monoisotopic (exact) mass is 172 g/mol. The Morgan fingerprint density at radius 2 is 2.08 bits per heavy atom. The van der Waals surface area contributed by atoms with Gasteiger partial charge in [-0.1, -0.05) is 0 Å². The van der Waals surface area contributed by atoms with Gasteiger partial charge in [0.25, 0.3) is 0 Å². The first kappa shape index (κ1) is 7.17. The summed E-state index contributed by atoms with van der Waals surface area (Å²) < 4.78 is 0. The standard InChI is InChI=1S/C5H8N4O3/c10-1-9-3-2(7-5(9)12)6-4(11)8-3/h2-3,10H,1H2,(H,7,12)(H2,6,8,11)/t2-,3+/m1/s1. The van der Waals surface area contributed by atoms with E-state index in [2.05, 4.69) is 16.0 Å². The molecular formula is C5H8N4O3. The molecule has 0 aromatic rings. The fourth-order valence-electron chi connectivity index (χ4n) is 1.35. The van der Waals surface area contributed by atoms with Crippen molar-refractivity contribution in [3.8, 4) is 0 Å². The lowest BCUT2D eigenvalue weighted by Crippen LogP contribution is -2.43. The van der Waals surface area contributed by atoms with Crippen LogP contribution in [0.5, 0.6) is 0 Å². The molecule has 0 bridgehead atoms. The van der Waals surface area contributed by atoms with Crippen LogP contribution in [0.3, 0.4) is 0 Å². The first-order valence-electron chi connectivity index (χ1n) is 3.47. The molecular weight excluding hydrogens is 164 g/mol. The third-order valence-electron chi connectivity index (χ3n) is 1.91. The average molecular weight is 172 g/mol. The van der Waals surface area contributed by atoms with Crippen LogP contribution < -0.4 is 16.0 Å². The van der Waals surface area contributed by atoms with Crippen LogP contribution in [0.4, 0.5) is 9.59 Å². The van der Waals surface area contributed by atoms with Gasteiger partial charge in [-0.25, -0.2) is 9.59 Å². The quantitative estimate of drug-likeness (QED) is 0.366. The zero-order valence-electron chi connectivity index (χ0n) is 6.07. The molecule has 12 heavy (non-hydrogen) atoms. The van der Waals surface area contributed by atoms with E-state index in [0.29, 0.717) is 0 Å². The predicted octanol–water partition coefficient (Wildman–Crippen LogP) is -2.07. The second-order valence-electron chi connectivity index (χ2n) is 2.60. The number of amides is 4. The van der Waals surface area contributed by atoms with Gasteiger partial charge in [-0.05, 0) is 0 Å². The number of urea groups is 2. The van der Waals surface area contributed by atoms with Crippen LogP contribution in [0.15, 0.2) is 0 Å². The van der Waals surface area contributed by atoms with Crippen molar-refractivity contribution in [2.45, 2.75) is 12.3 Å². The van der Waals surface area contributed by atoms with Gasteiger partial charge in [-0.3, -0.25) is 4.90 Å². The maximum atomic E-state index is 11.0. The summed E-state index contributed by atoms with van der Waals surface area (Å²) in [5.74, 6) is 0. The van der Waals surface area contributed by atoms with E-state index in [9.17, 15) is 9.59 Å². The topological polar surface area (TPSA) is 93.7 Å². The first-order chi connectivity index (χ1) is 5.72. The minimum absolute atomic E-state index is 0.344. The number of aliphatic hydroxyl groups is 1. The number of fused-ring (bicyclic) bond motifs is 1. The van der Waals surface area contributed by atoms with Gasteiger partial charge in [0, 0.05) is 0 Å². The van der Waals surface area contributed by atoms with Gasteiger partial charge < -0.3 is 21.1 Å². The third kappa shape index (κ3) is 0.797. The molecule has 0 unspecified atom stereocenters. The van der Waals surface area contributed by atoms with Crippen LogP contribution in [0, 0.1) is 0 Å². The summed E-state index contributed by atoms with van der Waals surface area (Å²) in [5.41, 5.74) is 0. The van der Waals surface area contributed by atoms with E-state index in [1.807, 2.05) is 0 Å². The van der Waals surface area contributed by atoms with Crippen molar-refractivity contribution in [2.75, 3.05) is 6.73 Å². The molecule has 0 aliphatic carbocycles. The van der Waals surface area contributed by atoms with E-state index >= 15 is 0 Å². The molecule has 0 radical (unpaired) electrons. The summed E-state index contributed by atoms with van der Waals surface area (Å²) in [6.45, 7) is -0.408. The molecule has 0 aromatic heterocycles. The van der Waals surface area contributed by atoms with Crippen LogP contribution >= 0.6 is 0 Å². The van der Waals surface area contributed by atoms with Crippen LogP contribution in [0.1, 0.15) is 0 Å². The number of aliphatic hydroxyl groups excluding tert-OH is 1. The van der Waals surface area contributed by atoms with Crippen molar-refractivity contribution in [3.63, 3.8) is 0 Å². The Balaban J connectivity index is 2.16. The summed E-state index contributed by atoms with van der Waals surface area (Å²) in [5, 5.41) is 16.2. The van der Waals surface area contributed by atoms with Crippen LogP contribution in [-0.2, 0) is 0 Å². The minimum Gasteiger partial charge on any atom is -0.376 e. The zero-order valence-corrected chi connectivity index (χ0v) is 6.07. The van der Waals surface area contributed by atoms with Crippen LogP contribution in [0.2, 0.25) is 0 Å². The highest BCUT2D eigenvalue weighted by Gasteiger charge is 2.44. The Hall–Kier alpha value is -1.50. The molecule has 0 saturated carbocycles. The average Bonchev–Trinajstić information content (AvgIpc) is 2.43. The van der Waals surface area contributed by atoms with Gasteiger partial charge in [0.1, 0.15) is 19.1 Å². The summed E-state index contributed by atoms with van der Waals surface area (Å²) in [6, 6.07) is -0.733. The lowest BCUT2D eigenvalue weighted by molar-refractivity contribution is 0.109. The summed E-state index contributed by atoms with van der Waals surface area (Å²) >= 11 is 0. The molecule has 2 fully saturated rings. The van der Waals surface area contributed by atoms with Gasteiger partial charge in [-0.15, -0.1) is 0 Å². The molecule has 2 atom stereocenters. The van der Waals surface area contributed by atoms with Crippen LogP contribution in [-0.4, -0.2) is 41.1 Å². The first-order valence-corrected chi connectivity index (χ1v) is 3.47. The Morgan fingerprint density at radius 1 is 1.33 bits per heavy atom. The van der Waals surface area contributed by atoms with Crippen LogP contribution in [0.25, 0.3) is 0 Å². The van der Waals surface area contributed by atoms with Gasteiger partial charge >= 0.3 is 12.1 Å². The second kappa shape index (κ2) is 2.24. The molecule has 2 aliphatic heterocycles. The number of rotatable bonds is 1. The molecule has 2 heterocycles. The lowest BCUT2D eigenvalue weighted by Gasteiger charge is -2.17. The lowest BCUT2D eigenvalue weighted by atomic mass is 10.4.